The lowest BCUT2D eigenvalue weighted by atomic mass is 9.35. The van der Waals surface area contributed by atoms with E-state index in [0.717, 1.165) is 54.5 Å². The molecule has 0 spiro atoms. The van der Waals surface area contributed by atoms with Crippen molar-refractivity contribution in [3.05, 3.63) is 229 Å². The maximum absolute atomic E-state index is 6.55. The smallest absolute Gasteiger partial charge is 0.276 e. The molecule has 11 aromatic rings. The molecule has 0 unspecified atom stereocenters. The van der Waals surface area contributed by atoms with Crippen LogP contribution in [0.3, 0.4) is 0 Å². The highest BCUT2D eigenvalue weighted by Gasteiger charge is 2.49. The molecular formula is C73H70BN3OSSi. The third-order valence-corrected chi connectivity index (χ3v) is 22.9. The van der Waals surface area contributed by atoms with Gasteiger partial charge in [0.05, 0.1) is 5.59 Å². The zero-order chi connectivity index (χ0) is 55.7. The minimum atomic E-state index is -3.13. The summed E-state index contributed by atoms with van der Waals surface area (Å²) in [4.78, 5) is 11.2. The molecule has 2 aliphatic rings. The normalized spacial score (nSPS) is 13.7. The number of aromatic nitrogens is 1. The van der Waals surface area contributed by atoms with Crippen LogP contribution in [0.2, 0.25) is 0 Å². The fourth-order valence-corrected chi connectivity index (χ4v) is 18.6. The van der Waals surface area contributed by atoms with E-state index in [1.54, 1.807) is 0 Å². The predicted molar refractivity (Wildman–Crippen MR) is 347 cm³/mol. The number of anilines is 6. The molecule has 13 rings (SSSR count). The summed E-state index contributed by atoms with van der Waals surface area (Å²) in [5.41, 5.74) is 17.3. The number of hydrogen-bond acceptors (Lipinski definition) is 5. The molecule has 2 aliphatic heterocycles. The largest absolute Gasteiger partial charge is 0.456 e. The van der Waals surface area contributed by atoms with Crippen molar-refractivity contribution >= 4 is 119 Å². The Kier molecular flexibility index (Phi) is 12.1. The first-order valence-corrected chi connectivity index (χ1v) is 31.3. The van der Waals surface area contributed by atoms with Crippen LogP contribution in [0.25, 0.3) is 32.5 Å². The van der Waals surface area contributed by atoms with E-state index in [0.29, 0.717) is 0 Å². The van der Waals surface area contributed by atoms with Gasteiger partial charge in [0.1, 0.15) is 21.2 Å². The Bertz CT molecular complexity index is 4060. The number of furan rings is 1. The number of nitrogens with zero attached hydrogens (tertiary/aromatic N) is 3. The monoisotopic (exact) mass is 1080 g/mol. The first-order chi connectivity index (χ1) is 38.2. The average Bonchev–Trinajstić information content (AvgIpc) is 4.18. The molecule has 7 heteroatoms. The van der Waals surface area contributed by atoms with E-state index < -0.39 is 8.07 Å². The molecule has 0 N–H and O–H groups in total. The second-order valence-corrected chi connectivity index (χ2v) is 31.3. The average molecular weight is 1080 g/mol. The van der Waals surface area contributed by atoms with Crippen LogP contribution >= 0.6 is 11.3 Å². The van der Waals surface area contributed by atoms with Gasteiger partial charge in [-0.3, -0.25) is 0 Å². The predicted octanol–water partition coefficient (Wildman–Crippen LogP) is 15.4. The van der Waals surface area contributed by atoms with Gasteiger partial charge < -0.3 is 14.2 Å². The molecule has 2 aromatic heterocycles. The summed E-state index contributed by atoms with van der Waals surface area (Å²) in [6, 6.07) is 78.8. The molecule has 0 aliphatic carbocycles. The van der Waals surface area contributed by atoms with E-state index in [9.17, 15) is 0 Å². The van der Waals surface area contributed by atoms with E-state index in [1.165, 1.54) is 71.0 Å². The highest BCUT2D eigenvalue weighted by atomic mass is 32.1. The van der Waals surface area contributed by atoms with Crippen LogP contribution in [-0.4, -0.2) is 19.8 Å². The van der Waals surface area contributed by atoms with Gasteiger partial charge >= 0.3 is 0 Å². The van der Waals surface area contributed by atoms with E-state index in [4.69, 9.17) is 9.40 Å². The lowest BCUT2D eigenvalue weighted by Gasteiger charge is -2.44. The second-order valence-electron chi connectivity index (χ2n) is 26.5. The van der Waals surface area contributed by atoms with E-state index in [2.05, 4.69) is 299 Å². The summed E-state index contributed by atoms with van der Waals surface area (Å²) in [5, 5.41) is 9.69. The van der Waals surface area contributed by atoms with Crippen LogP contribution in [0.1, 0.15) is 105 Å². The Morgan fingerprint density at radius 1 is 0.412 bits per heavy atom. The molecular weight excluding hydrogens is 1010 g/mol. The van der Waals surface area contributed by atoms with Crippen LogP contribution in [0, 0.1) is 0 Å². The van der Waals surface area contributed by atoms with Gasteiger partial charge in [-0.25, -0.2) is 4.98 Å². The molecule has 9 aromatic carbocycles. The summed E-state index contributed by atoms with van der Waals surface area (Å²) >= 11 is 1.81. The van der Waals surface area contributed by atoms with Crippen LogP contribution in [0.5, 0.6) is 0 Å². The van der Waals surface area contributed by atoms with Crippen molar-refractivity contribution in [1.29, 1.82) is 0 Å². The molecule has 0 amide bonds. The van der Waals surface area contributed by atoms with Crippen molar-refractivity contribution < 1.29 is 4.42 Å². The Labute approximate surface area is 478 Å². The quantitative estimate of drug-likeness (QED) is 0.118. The third kappa shape index (κ3) is 8.50. The first-order valence-electron chi connectivity index (χ1n) is 28.5. The number of hydrogen-bond donors (Lipinski definition) is 0. The van der Waals surface area contributed by atoms with E-state index in [1.807, 2.05) is 11.3 Å². The van der Waals surface area contributed by atoms with Crippen molar-refractivity contribution in [2.75, 3.05) is 9.80 Å². The number of rotatable bonds is 7. The molecule has 0 bridgehead atoms. The molecule has 396 valence electrons. The lowest BCUT2D eigenvalue weighted by Crippen LogP contribution is -2.75. The van der Waals surface area contributed by atoms with Gasteiger partial charge in [-0.1, -0.05) is 228 Å². The highest BCUT2D eigenvalue weighted by molar-refractivity contribution is 7.22. The Hall–Kier alpha value is -7.71. The summed E-state index contributed by atoms with van der Waals surface area (Å²) < 4.78 is 6.55. The Morgan fingerprint density at radius 3 is 1.36 bits per heavy atom. The topological polar surface area (TPSA) is 32.5 Å². The fourth-order valence-electron chi connectivity index (χ4n) is 12.6. The molecule has 0 radical (unpaired) electrons. The Morgan fingerprint density at radius 2 is 0.850 bits per heavy atom. The SMILES string of the molecule is CC(C)(C)c1ccc(N2c3ccc(C(C)(C)C)cc3B3c4nc(-c5ccc6oc7ccc(C(C)(C)C)cc7c6c5)sc4N(c4ccc(C(C)(C)C)cc4)c4cc([Si](c5ccccc5)(c5ccccc5)c5ccccc5)cc2c43)cc1. The Balaban J connectivity index is 1.17. The van der Waals surface area contributed by atoms with Crippen molar-refractivity contribution in [2.45, 2.75) is 105 Å². The standard InChI is InChI=1S/C73H70BN3OSSi/c1-70(2,3)48-29-35-52(36-30-48)76-61-39-33-51(73(10,11)12)44-60(61)74-66-62(76)45-57(80(54-22-16-13-17-23-54,55-24-18-14-19-25-55)56-26-20-15-21-27-56)46-63(66)77(53-37-31-49(32-38-53)71(4,5)6)69-67(74)75-68(79-69)47-28-40-64-58(42-47)59-43-50(72(7,8)9)34-41-65(59)78-64/h13-46H,1-12H3. The van der Waals surface area contributed by atoms with Crippen LogP contribution in [-0.2, 0) is 21.7 Å². The number of fused-ring (bicyclic) bond motifs is 7. The molecule has 4 heterocycles. The van der Waals surface area contributed by atoms with Gasteiger partial charge in [-0.2, -0.15) is 0 Å². The van der Waals surface area contributed by atoms with Crippen molar-refractivity contribution in [1.82, 2.24) is 4.98 Å². The molecule has 80 heavy (non-hydrogen) atoms. The highest BCUT2D eigenvalue weighted by Crippen LogP contribution is 2.48. The molecule has 0 saturated heterocycles. The van der Waals surface area contributed by atoms with Crippen molar-refractivity contribution in [2.24, 2.45) is 0 Å². The van der Waals surface area contributed by atoms with Crippen molar-refractivity contribution in [3.63, 3.8) is 0 Å². The second kappa shape index (κ2) is 18.7. The lowest BCUT2D eigenvalue weighted by molar-refractivity contribution is 0.590. The summed E-state index contributed by atoms with van der Waals surface area (Å²) in [6.45, 7) is 27.5. The maximum Gasteiger partial charge on any atom is 0.276 e. The summed E-state index contributed by atoms with van der Waals surface area (Å²) in [7, 11) is -3.13. The van der Waals surface area contributed by atoms with Gasteiger partial charge in [0, 0.05) is 44.8 Å². The number of thiazole rings is 1. The van der Waals surface area contributed by atoms with Gasteiger partial charge in [0.2, 0.25) is 0 Å². The summed E-state index contributed by atoms with van der Waals surface area (Å²) in [6.07, 6.45) is 0. The fraction of sp³-hybridized carbons (Fsp3) is 0.219. The van der Waals surface area contributed by atoms with E-state index >= 15 is 0 Å². The molecule has 0 fully saturated rings. The zero-order valence-corrected chi connectivity index (χ0v) is 50.2. The van der Waals surface area contributed by atoms with Gasteiger partial charge in [0.15, 0.2) is 8.07 Å². The molecule has 0 saturated carbocycles. The minimum absolute atomic E-state index is 0.00788. The molecule has 0 atom stereocenters. The van der Waals surface area contributed by atoms with Crippen LogP contribution in [0.4, 0.5) is 33.4 Å². The third-order valence-electron chi connectivity index (χ3n) is 17.1. The van der Waals surface area contributed by atoms with Crippen LogP contribution in [0.15, 0.2) is 211 Å². The summed E-state index contributed by atoms with van der Waals surface area (Å²) in [5.74, 6) is 0. The van der Waals surface area contributed by atoms with Crippen molar-refractivity contribution in [3.8, 4) is 10.6 Å². The van der Waals surface area contributed by atoms with Gasteiger partial charge in [0.25, 0.3) is 6.71 Å². The molecule has 4 nitrogen and oxygen atoms in total. The zero-order valence-electron chi connectivity index (χ0n) is 48.4. The first kappa shape index (κ1) is 51.7. The van der Waals surface area contributed by atoms with E-state index in [-0.39, 0.29) is 28.4 Å². The minimum Gasteiger partial charge on any atom is -0.456 e. The van der Waals surface area contributed by atoms with Gasteiger partial charge in [-0.05, 0) is 148 Å². The van der Waals surface area contributed by atoms with Crippen LogP contribution < -0.4 is 47.1 Å². The van der Waals surface area contributed by atoms with Gasteiger partial charge in [-0.15, -0.1) is 0 Å². The maximum atomic E-state index is 6.55. The number of benzene rings is 9.